The summed E-state index contributed by atoms with van der Waals surface area (Å²) in [7, 11) is 1.62. The highest BCUT2D eigenvalue weighted by atomic mass is 19.1. The van der Waals surface area contributed by atoms with Gasteiger partial charge in [-0.15, -0.1) is 0 Å². The van der Waals surface area contributed by atoms with Gasteiger partial charge in [0.05, 0.1) is 19.0 Å². The van der Waals surface area contributed by atoms with Gasteiger partial charge in [-0.1, -0.05) is 6.07 Å². The predicted octanol–water partition coefficient (Wildman–Crippen LogP) is 3.39. The summed E-state index contributed by atoms with van der Waals surface area (Å²) in [4.78, 5) is 11.9. The van der Waals surface area contributed by atoms with E-state index < -0.39 is 11.7 Å². The highest BCUT2D eigenvalue weighted by molar-refractivity contribution is 5.94. The van der Waals surface area contributed by atoms with Crippen LogP contribution in [0.1, 0.15) is 16.1 Å². The van der Waals surface area contributed by atoms with E-state index in [-0.39, 0.29) is 5.56 Å². The van der Waals surface area contributed by atoms with Gasteiger partial charge in [0.2, 0.25) is 0 Å². The zero-order valence-electron chi connectivity index (χ0n) is 13.5. The lowest BCUT2D eigenvalue weighted by Crippen LogP contribution is -2.18. The van der Waals surface area contributed by atoms with Gasteiger partial charge >= 0.3 is 0 Å². The summed E-state index contributed by atoms with van der Waals surface area (Å²) in [5, 5.41) is 3.95. The third kappa shape index (κ3) is 3.92. The lowest BCUT2D eigenvalue weighted by molar-refractivity contribution is 0.0954. The average molecular weight is 337 g/mol. The minimum Gasteiger partial charge on any atom is -0.497 e. The number of carbonyl (C=O) groups excluding carboxylic acids is 1. The molecule has 3 rings (SSSR count). The number of amides is 1. The quantitative estimate of drug-likeness (QED) is 0.573. The smallest absolute Gasteiger partial charge is 0.271 e. The fourth-order valence-corrected chi connectivity index (χ4v) is 2.33. The summed E-state index contributed by atoms with van der Waals surface area (Å²) in [6.45, 7) is 0. The highest BCUT2D eigenvalue weighted by Crippen LogP contribution is 2.16. The number of carbonyl (C=O) groups is 1. The van der Waals surface area contributed by atoms with Crippen molar-refractivity contribution in [3.05, 3.63) is 83.9 Å². The Morgan fingerprint density at radius 3 is 2.68 bits per heavy atom. The molecule has 126 valence electrons. The fraction of sp³-hybridized carbons (Fsp3) is 0.0526. The molecule has 1 amide bonds. The molecule has 5 nitrogen and oxygen atoms in total. The van der Waals surface area contributed by atoms with Crippen molar-refractivity contribution < 1.29 is 13.9 Å². The maximum Gasteiger partial charge on any atom is 0.271 e. The lowest BCUT2D eigenvalue weighted by Gasteiger charge is -2.07. The van der Waals surface area contributed by atoms with Crippen LogP contribution < -0.4 is 10.2 Å². The van der Waals surface area contributed by atoms with Crippen molar-refractivity contribution in [2.75, 3.05) is 7.11 Å². The number of hydrazone groups is 1. The molecule has 0 fully saturated rings. The monoisotopic (exact) mass is 337 g/mol. The minimum atomic E-state index is -0.474. The van der Waals surface area contributed by atoms with Gasteiger partial charge in [-0.2, -0.15) is 5.10 Å². The van der Waals surface area contributed by atoms with E-state index in [4.69, 9.17) is 4.74 Å². The van der Waals surface area contributed by atoms with Crippen LogP contribution >= 0.6 is 0 Å². The molecule has 0 bridgehead atoms. The number of nitrogens with zero attached hydrogens (tertiary/aromatic N) is 2. The number of methoxy groups -OCH3 is 1. The number of hydrogen-bond acceptors (Lipinski definition) is 3. The topological polar surface area (TPSA) is 55.6 Å². The molecular formula is C19H16FN3O2. The molecule has 1 heterocycles. The molecule has 0 spiro atoms. The molecule has 0 atom stereocenters. The van der Waals surface area contributed by atoms with Crippen LogP contribution in [-0.2, 0) is 0 Å². The molecular weight excluding hydrogens is 321 g/mol. The Balaban J connectivity index is 1.72. The molecule has 1 N–H and O–H groups in total. The summed E-state index contributed by atoms with van der Waals surface area (Å²) < 4.78 is 20.2. The van der Waals surface area contributed by atoms with Gasteiger partial charge in [0, 0.05) is 17.4 Å². The number of halogens is 1. The molecule has 1 aromatic heterocycles. The lowest BCUT2D eigenvalue weighted by atomic mass is 10.2. The van der Waals surface area contributed by atoms with Crippen molar-refractivity contribution in [1.29, 1.82) is 0 Å². The van der Waals surface area contributed by atoms with E-state index in [1.54, 1.807) is 7.11 Å². The molecule has 3 aromatic rings. The Kier molecular flexibility index (Phi) is 4.89. The van der Waals surface area contributed by atoms with Gasteiger partial charge in [0.1, 0.15) is 11.6 Å². The number of benzene rings is 2. The van der Waals surface area contributed by atoms with Gasteiger partial charge in [0.15, 0.2) is 0 Å². The van der Waals surface area contributed by atoms with Gasteiger partial charge in [-0.3, -0.25) is 4.79 Å². The molecule has 0 unspecified atom stereocenters. The average Bonchev–Trinajstić information content (AvgIpc) is 3.10. The first kappa shape index (κ1) is 16.4. The fourth-order valence-electron chi connectivity index (χ4n) is 2.33. The second-order valence-electron chi connectivity index (χ2n) is 5.21. The van der Waals surface area contributed by atoms with E-state index in [9.17, 15) is 9.18 Å². The normalized spacial score (nSPS) is 10.8. The summed E-state index contributed by atoms with van der Waals surface area (Å²) in [6, 6.07) is 16.7. The standard InChI is InChI=1S/C19H16FN3O2/c1-25-18-9-7-16(8-10-18)23-11-3-6-17(23)13-21-22-19(24)14-4-2-5-15(20)12-14/h2-13H,1H3,(H,22,24)/b21-13-. The molecule has 0 radical (unpaired) electrons. The Morgan fingerprint density at radius 1 is 1.16 bits per heavy atom. The largest absolute Gasteiger partial charge is 0.497 e. The first-order valence-electron chi connectivity index (χ1n) is 7.58. The van der Waals surface area contributed by atoms with Gasteiger partial charge in [0.25, 0.3) is 5.91 Å². The van der Waals surface area contributed by atoms with E-state index in [0.717, 1.165) is 23.2 Å². The number of hydrogen-bond donors (Lipinski definition) is 1. The van der Waals surface area contributed by atoms with Crippen LogP contribution in [-0.4, -0.2) is 23.8 Å². The van der Waals surface area contributed by atoms with Crippen LogP contribution in [0.3, 0.4) is 0 Å². The van der Waals surface area contributed by atoms with E-state index in [1.807, 2.05) is 47.2 Å². The van der Waals surface area contributed by atoms with E-state index in [1.165, 1.54) is 24.4 Å². The minimum absolute atomic E-state index is 0.211. The van der Waals surface area contributed by atoms with Crippen molar-refractivity contribution >= 4 is 12.1 Å². The molecule has 0 aliphatic heterocycles. The van der Waals surface area contributed by atoms with Crippen LogP contribution in [0.5, 0.6) is 5.75 Å². The second kappa shape index (κ2) is 7.44. The molecule has 0 aliphatic carbocycles. The molecule has 0 saturated heterocycles. The summed E-state index contributed by atoms with van der Waals surface area (Å²) in [5.41, 5.74) is 4.32. The Labute approximate surface area is 144 Å². The van der Waals surface area contributed by atoms with Crippen LogP contribution in [0.15, 0.2) is 72.0 Å². The van der Waals surface area contributed by atoms with Crippen molar-refractivity contribution in [3.63, 3.8) is 0 Å². The van der Waals surface area contributed by atoms with Gasteiger partial charge < -0.3 is 9.30 Å². The molecule has 0 saturated carbocycles. The van der Waals surface area contributed by atoms with Crippen molar-refractivity contribution in [1.82, 2.24) is 9.99 Å². The van der Waals surface area contributed by atoms with E-state index in [0.29, 0.717) is 0 Å². The van der Waals surface area contributed by atoms with Crippen LogP contribution in [0, 0.1) is 5.82 Å². The Hall–Kier alpha value is -3.41. The zero-order valence-corrected chi connectivity index (χ0v) is 13.5. The third-order valence-electron chi connectivity index (χ3n) is 3.58. The van der Waals surface area contributed by atoms with Gasteiger partial charge in [-0.05, 0) is 54.6 Å². The summed E-state index contributed by atoms with van der Waals surface area (Å²) in [5.74, 6) is -0.170. The molecule has 25 heavy (non-hydrogen) atoms. The van der Waals surface area contributed by atoms with Crippen LogP contribution in [0.2, 0.25) is 0 Å². The van der Waals surface area contributed by atoms with Gasteiger partial charge in [-0.25, -0.2) is 9.82 Å². The number of ether oxygens (including phenoxy) is 1. The highest BCUT2D eigenvalue weighted by Gasteiger charge is 2.05. The maximum absolute atomic E-state index is 13.1. The van der Waals surface area contributed by atoms with E-state index in [2.05, 4.69) is 10.5 Å². The van der Waals surface area contributed by atoms with Crippen LogP contribution in [0.25, 0.3) is 5.69 Å². The summed E-state index contributed by atoms with van der Waals surface area (Å²) >= 11 is 0. The number of nitrogens with one attached hydrogen (secondary N) is 1. The van der Waals surface area contributed by atoms with Crippen molar-refractivity contribution in [3.8, 4) is 11.4 Å². The maximum atomic E-state index is 13.1. The van der Waals surface area contributed by atoms with Crippen molar-refractivity contribution in [2.24, 2.45) is 5.10 Å². The van der Waals surface area contributed by atoms with E-state index >= 15 is 0 Å². The number of rotatable bonds is 5. The second-order valence-corrected chi connectivity index (χ2v) is 5.21. The molecule has 0 aliphatic rings. The Morgan fingerprint density at radius 2 is 1.96 bits per heavy atom. The predicted molar refractivity (Wildman–Crippen MR) is 93.8 cm³/mol. The number of aromatic nitrogens is 1. The summed E-state index contributed by atoms with van der Waals surface area (Å²) in [6.07, 6.45) is 3.42. The molecule has 6 heteroatoms. The first-order valence-corrected chi connectivity index (χ1v) is 7.58. The SMILES string of the molecule is COc1ccc(-n2cccc2/C=N\NC(=O)c2cccc(F)c2)cc1. The first-order chi connectivity index (χ1) is 12.2. The van der Waals surface area contributed by atoms with Crippen molar-refractivity contribution in [2.45, 2.75) is 0 Å². The third-order valence-corrected chi connectivity index (χ3v) is 3.58. The van der Waals surface area contributed by atoms with Crippen LogP contribution in [0.4, 0.5) is 4.39 Å². The molecule has 2 aromatic carbocycles. The Bertz CT molecular complexity index is 901. The zero-order chi connectivity index (χ0) is 17.6.